The van der Waals surface area contributed by atoms with Crippen LogP contribution in [0.15, 0.2) is 42.5 Å². The van der Waals surface area contributed by atoms with Crippen LogP contribution in [0, 0.1) is 5.92 Å². The SMILES string of the molecule is CN(CCc1cccc2ccccc12)C(=O)C1CCS(=O)(=O)C1. The van der Waals surface area contributed by atoms with Gasteiger partial charge in [-0.05, 0) is 29.2 Å². The maximum absolute atomic E-state index is 12.4. The number of likely N-dealkylation sites (N-methyl/N-ethyl adjacent to an activating group) is 1. The molecule has 2 aromatic rings. The Morgan fingerprint density at radius 2 is 1.91 bits per heavy atom. The average Bonchev–Trinajstić information content (AvgIpc) is 2.91. The smallest absolute Gasteiger partial charge is 0.226 e. The molecule has 1 heterocycles. The summed E-state index contributed by atoms with van der Waals surface area (Å²) in [5.74, 6) is -0.269. The van der Waals surface area contributed by atoms with Crippen LogP contribution in [-0.2, 0) is 21.1 Å². The lowest BCUT2D eigenvalue weighted by Gasteiger charge is -2.20. The highest BCUT2D eigenvalue weighted by Crippen LogP contribution is 2.22. The highest BCUT2D eigenvalue weighted by Gasteiger charge is 2.34. The summed E-state index contributed by atoms with van der Waals surface area (Å²) in [6.45, 7) is 0.601. The van der Waals surface area contributed by atoms with E-state index >= 15 is 0 Å². The number of fused-ring (bicyclic) bond motifs is 1. The van der Waals surface area contributed by atoms with Crippen molar-refractivity contribution in [2.45, 2.75) is 12.8 Å². The highest BCUT2D eigenvalue weighted by atomic mass is 32.2. The summed E-state index contributed by atoms with van der Waals surface area (Å²) in [5.41, 5.74) is 1.21. The molecule has 2 aromatic carbocycles. The maximum atomic E-state index is 12.4. The predicted molar refractivity (Wildman–Crippen MR) is 92.0 cm³/mol. The second-order valence-electron chi connectivity index (χ2n) is 6.25. The van der Waals surface area contributed by atoms with Crippen molar-refractivity contribution < 1.29 is 13.2 Å². The van der Waals surface area contributed by atoms with Gasteiger partial charge in [0.1, 0.15) is 0 Å². The van der Waals surface area contributed by atoms with E-state index < -0.39 is 9.84 Å². The topological polar surface area (TPSA) is 54.5 Å². The number of amides is 1. The summed E-state index contributed by atoms with van der Waals surface area (Å²) in [6.07, 6.45) is 1.23. The van der Waals surface area contributed by atoms with Crippen LogP contribution in [0.3, 0.4) is 0 Å². The summed E-state index contributed by atoms with van der Waals surface area (Å²) in [5, 5.41) is 2.40. The summed E-state index contributed by atoms with van der Waals surface area (Å²) < 4.78 is 23.0. The Kier molecular flexibility index (Phi) is 4.39. The monoisotopic (exact) mass is 331 g/mol. The van der Waals surface area contributed by atoms with Crippen LogP contribution in [0.4, 0.5) is 0 Å². The minimum absolute atomic E-state index is 0.00441. The highest BCUT2D eigenvalue weighted by molar-refractivity contribution is 7.91. The van der Waals surface area contributed by atoms with Crippen LogP contribution in [0.5, 0.6) is 0 Å². The van der Waals surface area contributed by atoms with Gasteiger partial charge in [-0.2, -0.15) is 0 Å². The summed E-state index contributed by atoms with van der Waals surface area (Å²) in [6, 6.07) is 14.4. The second kappa shape index (κ2) is 6.32. The fourth-order valence-corrected chi connectivity index (χ4v) is 4.94. The molecule has 0 spiro atoms. The number of sulfone groups is 1. The molecule has 3 rings (SSSR count). The molecule has 5 heteroatoms. The zero-order valence-corrected chi connectivity index (χ0v) is 14.1. The lowest BCUT2D eigenvalue weighted by atomic mass is 10.0. The van der Waals surface area contributed by atoms with Crippen LogP contribution >= 0.6 is 0 Å². The van der Waals surface area contributed by atoms with E-state index in [9.17, 15) is 13.2 Å². The van der Waals surface area contributed by atoms with Crippen LogP contribution in [-0.4, -0.2) is 44.3 Å². The first-order valence-electron chi connectivity index (χ1n) is 7.88. The van der Waals surface area contributed by atoms with Crippen molar-refractivity contribution in [1.29, 1.82) is 0 Å². The number of hydrogen-bond donors (Lipinski definition) is 0. The van der Waals surface area contributed by atoms with Crippen molar-refractivity contribution >= 4 is 26.5 Å². The van der Waals surface area contributed by atoms with Gasteiger partial charge in [-0.15, -0.1) is 0 Å². The van der Waals surface area contributed by atoms with E-state index in [4.69, 9.17) is 0 Å². The molecule has 1 aliphatic heterocycles. The number of benzene rings is 2. The van der Waals surface area contributed by atoms with Crippen molar-refractivity contribution in [2.24, 2.45) is 5.92 Å². The third kappa shape index (κ3) is 3.55. The zero-order chi connectivity index (χ0) is 16.4. The maximum Gasteiger partial charge on any atom is 0.226 e. The van der Waals surface area contributed by atoms with E-state index in [1.54, 1.807) is 11.9 Å². The standard InChI is InChI=1S/C18H21NO3S/c1-19(18(20)16-10-12-23(21,22)13-16)11-9-15-7-4-6-14-5-2-3-8-17(14)15/h2-8,16H,9-13H2,1H3. The van der Waals surface area contributed by atoms with Gasteiger partial charge < -0.3 is 4.90 Å². The number of carbonyl (C=O) groups excluding carboxylic acids is 1. The average molecular weight is 331 g/mol. The molecule has 1 atom stereocenters. The summed E-state index contributed by atoms with van der Waals surface area (Å²) in [7, 11) is -1.26. The van der Waals surface area contributed by atoms with E-state index in [1.807, 2.05) is 18.2 Å². The lowest BCUT2D eigenvalue weighted by Crippen LogP contribution is -2.35. The largest absolute Gasteiger partial charge is 0.345 e. The Hall–Kier alpha value is -1.88. The molecule has 4 nitrogen and oxygen atoms in total. The number of nitrogens with zero attached hydrogens (tertiary/aromatic N) is 1. The molecule has 1 unspecified atom stereocenters. The van der Waals surface area contributed by atoms with E-state index in [0.29, 0.717) is 13.0 Å². The van der Waals surface area contributed by atoms with Crippen LogP contribution in [0.2, 0.25) is 0 Å². The third-order valence-corrected chi connectivity index (χ3v) is 6.32. The summed E-state index contributed by atoms with van der Waals surface area (Å²) >= 11 is 0. The fourth-order valence-electron chi connectivity index (χ4n) is 3.21. The molecular formula is C18H21NO3S. The van der Waals surface area contributed by atoms with E-state index in [2.05, 4.69) is 24.3 Å². The molecule has 0 bridgehead atoms. The van der Waals surface area contributed by atoms with Crippen molar-refractivity contribution in [1.82, 2.24) is 4.90 Å². The first kappa shape index (κ1) is 16.0. The van der Waals surface area contributed by atoms with Gasteiger partial charge >= 0.3 is 0 Å². The Morgan fingerprint density at radius 3 is 2.65 bits per heavy atom. The molecule has 0 aromatic heterocycles. The second-order valence-corrected chi connectivity index (χ2v) is 8.48. The van der Waals surface area contributed by atoms with E-state index in [1.165, 1.54) is 16.3 Å². The number of rotatable bonds is 4. The number of carbonyl (C=O) groups is 1. The van der Waals surface area contributed by atoms with Gasteiger partial charge in [-0.3, -0.25) is 4.79 Å². The molecule has 0 saturated carbocycles. The molecular weight excluding hydrogens is 310 g/mol. The normalized spacial score (nSPS) is 19.8. The van der Waals surface area contributed by atoms with Crippen molar-refractivity contribution in [2.75, 3.05) is 25.1 Å². The van der Waals surface area contributed by atoms with Gasteiger partial charge in [-0.25, -0.2) is 8.42 Å². The van der Waals surface area contributed by atoms with Gasteiger partial charge in [0.25, 0.3) is 0 Å². The molecule has 23 heavy (non-hydrogen) atoms. The van der Waals surface area contributed by atoms with Gasteiger partial charge in [0, 0.05) is 13.6 Å². The van der Waals surface area contributed by atoms with Crippen LogP contribution in [0.25, 0.3) is 10.8 Å². The van der Waals surface area contributed by atoms with Crippen molar-refractivity contribution in [3.8, 4) is 0 Å². The molecule has 1 fully saturated rings. The van der Waals surface area contributed by atoms with Crippen molar-refractivity contribution in [3.63, 3.8) is 0 Å². The molecule has 122 valence electrons. The van der Waals surface area contributed by atoms with Gasteiger partial charge in [0.15, 0.2) is 9.84 Å². The number of hydrogen-bond acceptors (Lipinski definition) is 3. The lowest BCUT2D eigenvalue weighted by molar-refractivity contribution is -0.133. The van der Waals surface area contributed by atoms with Crippen LogP contribution in [0.1, 0.15) is 12.0 Å². The van der Waals surface area contributed by atoms with E-state index in [0.717, 1.165) is 6.42 Å². The Balaban J connectivity index is 1.66. The predicted octanol–water partition coefficient (Wildman–Crippen LogP) is 2.28. The molecule has 1 amide bonds. The van der Waals surface area contributed by atoms with E-state index in [-0.39, 0.29) is 23.3 Å². The minimum atomic E-state index is -3.02. The van der Waals surface area contributed by atoms with Crippen molar-refractivity contribution in [3.05, 3.63) is 48.0 Å². The Labute approximate surface area is 137 Å². The molecule has 0 aliphatic carbocycles. The van der Waals surface area contributed by atoms with Gasteiger partial charge in [-0.1, -0.05) is 42.5 Å². The fraction of sp³-hybridized carbons (Fsp3) is 0.389. The minimum Gasteiger partial charge on any atom is -0.345 e. The third-order valence-electron chi connectivity index (χ3n) is 4.55. The Morgan fingerprint density at radius 1 is 1.17 bits per heavy atom. The Bertz CT molecular complexity index is 824. The first-order chi connectivity index (χ1) is 11.0. The van der Waals surface area contributed by atoms with Crippen LogP contribution < -0.4 is 0 Å². The van der Waals surface area contributed by atoms with Gasteiger partial charge in [0.05, 0.1) is 17.4 Å². The zero-order valence-electron chi connectivity index (χ0n) is 13.2. The molecule has 0 radical (unpaired) electrons. The summed E-state index contributed by atoms with van der Waals surface area (Å²) in [4.78, 5) is 14.1. The molecule has 1 aliphatic rings. The molecule has 0 N–H and O–H groups in total. The first-order valence-corrected chi connectivity index (χ1v) is 9.70. The quantitative estimate of drug-likeness (QED) is 0.864. The molecule has 1 saturated heterocycles. The van der Waals surface area contributed by atoms with Gasteiger partial charge in [0.2, 0.25) is 5.91 Å².